The van der Waals surface area contributed by atoms with Crippen molar-refractivity contribution in [2.24, 2.45) is 0 Å². The Morgan fingerprint density at radius 2 is 1.78 bits per heavy atom. The number of hydrogen-bond acceptors (Lipinski definition) is 5. The van der Waals surface area contributed by atoms with Crippen LogP contribution in [0, 0.1) is 13.8 Å². The maximum absolute atomic E-state index is 12.4. The molecule has 0 atom stereocenters. The summed E-state index contributed by atoms with van der Waals surface area (Å²) in [7, 11) is 1.52. The van der Waals surface area contributed by atoms with Gasteiger partial charge in [0.15, 0.2) is 0 Å². The van der Waals surface area contributed by atoms with Gasteiger partial charge in [-0.2, -0.15) is 0 Å². The van der Waals surface area contributed by atoms with Crippen molar-refractivity contribution >= 4 is 34.8 Å². The Hall–Kier alpha value is -3.12. The lowest BCUT2D eigenvalue weighted by Gasteiger charge is -2.11. The van der Waals surface area contributed by atoms with Crippen LogP contribution in [0.1, 0.15) is 21.5 Å². The summed E-state index contributed by atoms with van der Waals surface area (Å²) < 4.78 is 5.23. The largest absolute Gasteiger partial charge is 0.495 e. The summed E-state index contributed by atoms with van der Waals surface area (Å²) in [5.74, 6) is 0.574. The van der Waals surface area contributed by atoms with Crippen LogP contribution >= 0.6 is 11.6 Å². The zero-order chi connectivity index (χ0) is 19.4. The van der Waals surface area contributed by atoms with Gasteiger partial charge in [0.2, 0.25) is 5.95 Å². The van der Waals surface area contributed by atoms with Crippen LogP contribution in [0.25, 0.3) is 0 Å². The lowest BCUT2D eigenvalue weighted by Crippen LogP contribution is -2.13. The predicted octanol–water partition coefficient (Wildman–Crippen LogP) is 4.75. The quantitative estimate of drug-likeness (QED) is 0.665. The summed E-state index contributed by atoms with van der Waals surface area (Å²) in [4.78, 5) is 20.9. The first-order chi connectivity index (χ1) is 13.0. The predicted molar refractivity (Wildman–Crippen MR) is 107 cm³/mol. The van der Waals surface area contributed by atoms with E-state index in [9.17, 15) is 4.79 Å². The van der Waals surface area contributed by atoms with Crippen molar-refractivity contribution in [3.05, 3.63) is 70.5 Å². The van der Waals surface area contributed by atoms with E-state index in [1.54, 1.807) is 18.2 Å². The van der Waals surface area contributed by atoms with Crippen LogP contribution < -0.4 is 15.4 Å². The van der Waals surface area contributed by atoms with Gasteiger partial charge in [-0.3, -0.25) is 4.79 Å². The standard InChI is InChI=1S/C20H19ClN4O2/c1-12-4-6-16(8-13(12)2)24-20-22-10-14(11-23-20)19(26)25-17-9-15(21)5-7-18(17)27-3/h4-11H,1-3H3,(H,25,26)(H,22,23,24). The van der Waals surface area contributed by atoms with Gasteiger partial charge < -0.3 is 15.4 Å². The minimum absolute atomic E-state index is 0.322. The van der Waals surface area contributed by atoms with Gasteiger partial charge in [-0.05, 0) is 55.3 Å². The summed E-state index contributed by atoms with van der Waals surface area (Å²) in [5.41, 5.74) is 4.07. The summed E-state index contributed by atoms with van der Waals surface area (Å²) in [5, 5.41) is 6.37. The van der Waals surface area contributed by atoms with Crippen LogP contribution in [0.4, 0.5) is 17.3 Å². The number of hydrogen-bond donors (Lipinski definition) is 2. The van der Waals surface area contributed by atoms with Crippen LogP contribution in [0.2, 0.25) is 5.02 Å². The molecule has 138 valence electrons. The summed E-state index contributed by atoms with van der Waals surface area (Å²) in [6, 6.07) is 11.0. The van der Waals surface area contributed by atoms with Gasteiger partial charge in [-0.1, -0.05) is 17.7 Å². The van der Waals surface area contributed by atoms with Gasteiger partial charge in [-0.15, -0.1) is 0 Å². The molecule has 0 spiro atoms. The highest BCUT2D eigenvalue weighted by Gasteiger charge is 2.12. The number of benzene rings is 2. The van der Waals surface area contributed by atoms with Crippen molar-refractivity contribution in [3.63, 3.8) is 0 Å². The van der Waals surface area contributed by atoms with E-state index in [0.717, 1.165) is 5.69 Å². The highest BCUT2D eigenvalue weighted by atomic mass is 35.5. The molecule has 0 saturated heterocycles. The average Bonchev–Trinajstić information content (AvgIpc) is 2.65. The second-order valence-electron chi connectivity index (χ2n) is 6.02. The van der Waals surface area contributed by atoms with E-state index in [2.05, 4.69) is 27.5 Å². The molecule has 0 bridgehead atoms. The molecular formula is C20H19ClN4O2. The molecule has 0 aliphatic heterocycles. The molecule has 3 rings (SSSR count). The van der Waals surface area contributed by atoms with Crippen LogP contribution in [0.3, 0.4) is 0 Å². The molecule has 1 aromatic heterocycles. The zero-order valence-electron chi connectivity index (χ0n) is 15.2. The molecular weight excluding hydrogens is 364 g/mol. The van der Waals surface area contributed by atoms with E-state index < -0.39 is 0 Å². The fourth-order valence-electron chi connectivity index (χ4n) is 2.43. The normalized spacial score (nSPS) is 10.4. The van der Waals surface area contributed by atoms with Crippen molar-refractivity contribution < 1.29 is 9.53 Å². The average molecular weight is 383 g/mol. The van der Waals surface area contributed by atoms with Gasteiger partial charge in [0, 0.05) is 23.1 Å². The first-order valence-electron chi connectivity index (χ1n) is 8.27. The highest BCUT2D eigenvalue weighted by molar-refractivity contribution is 6.31. The van der Waals surface area contributed by atoms with Gasteiger partial charge in [-0.25, -0.2) is 9.97 Å². The van der Waals surface area contributed by atoms with Gasteiger partial charge >= 0.3 is 0 Å². The summed E-state index contributed by atoms with van der Waals surface area (Å²) in [6.45, 7) is 4.09. The first kappa shape index (κ1) is 18.7. The molecule has 0 aliphatic rings. The van der Waals surface area contributed by atoms with Crippen molar-refractivity contribution in [2.45, 2.75) is 13.8 Å². The van der Waals surface area contributed by atoms with Crippen LogP contribution in [-0.2, 0) is 0 Å². The number of aromatic nitrogens is 2. The Morgan fingerprint density at radius 1 is 1.04 bits per heavy atom. The highest BCUT2D eigenvalue weighted by Crippen LogP contribution is 2.28. The van der Waals surface area contributed by atoms with Gasteiger partial charge in [0.25, 0.3) is 5.91 Å². The fourth-order valence-corrected chi connectivity index (χ4v) is 2.60. The molecule has 1 heterocycles. The smallest absolute Gasteiger partial charge is 0.258 e. The molecule has 0 unspecified atom stereocenters. The molecule has 27 heavy (non-hydrogen) atoms. The lowest BCUT2D eigenvalue weighted by atomic mass is 10.1. The third-order valence-electron chi connectivity index (χ3n) is 4.09. The Balaban J connectivity index is 1.72. The SMILES string of the molecule is COc1ccc(Cl)cc1NC(=O)c1cnc(Nc2ccc(C)c(C)c2)nc1. The number of aryl methyl sites for hydroxylation is 2. The Morgan fingerprint density at radius 3 is 2.44 bits per heavy atom. The van der Waals surface area contributed by atoms with Crippen molar-refractivity contribution in [1.29, 1.82) is 0 Å². The van der Waals surface area contributed by atoms with E-state index >= 15 is 0 Å². The summed E-state index contributed by atoms with van der Waals surface area (Å²) >= 11 is 5.98. The number of amides is 1. The molecule has 7 heteroatoms. The second-order valence-corrected chi connectivity index (χ2v) is 6.45. The first-order valence-corrected chi connectivity index (χ1v) is 8.65. The van der Waals surface area contributed by atoms with E-state index in [4.69, 9.17) is 16.3 Å². The van der Waals surface area contributed by atoms with Crippen molar-refractivity contribution in [3.8, 4) is 5.75 Å². The maximum Gasteiger partial charge on any atom is 0.258 e. The molecule has 0 radical (unpaired) electrons. The molecule has 6 nitrogen and oxygen atoms in total. The molecule has 1 amide bonds. The number of carbonyl (C=O) groups excluding carboxylic acids is 1. The number of anilines is 3. The van der Waals surface area contributed by atoms with Crippen LogP contribution in [0.15, 0.2) is 48.8 Å². The molecule has 0 saturated carbocycles. The molecule has 2 N–H and O–H groups in total. The van der Waals surface area contributed by atoms with Crippen LogP contribution in [0.5, 0.6) is 5.75 Å². The van der Waals surface area contributed by atoms with E-state index in [1.165, 1.54) is 30.6 Å². The minimum atomic E-state index is -0.353. The Bertz CT molecular complexity index is 974. The van der Waals surface area contributed by atoms with Crippen molar-refractivity contribution in [2.75, 3.05) is 17.7 Å². The van der Waals surface area contributed by atoms with E-state index in [-0.39, 0.29) is 5.91 Å². The molecule has 0 fully saturated rings. The van der Waals surface area contributed by atoms with Crippen molar-refractivity contribution in [1.82, 2.24) is 9.97 Å². The van der Waals surface area contributed by atoms with Gasteiger partial charge in [0.1, 0.15) is 5.75 Å². The lowest BCUT2D eigenvalue weighted by molar-refractivity contribution is 0.102. The minimum Gasteiger partial charge on any atom is -0.495 e. The molecule has 3 aromatic rings. The molecule has 2 aromatic carbocycles. The topological polar surface area (TPSA) is 76.1 Å². The Labute approximate surface area is 162 Å². The number of ether oxygens (including phenoxy) is 1. The number of methoxy groups -OCH3 is 1. The van der Waals surface area contributed by atoms with E-state index in [0.29, 0.717) is 28.0 Å². The number of nitrogens with zero attached hydrogens (tertiary/aromatic N) is 2. The van der Waals surface area contributed by atoms with E-state index in [1.807, 2.05) is 25.1 Å². The number of nitrogens with one attached hydrogen (secondary N) is 2. The van der Waals surface area contributed by atoms with Gasteiger partial charge in [0.05, 0.1) is 18.4 Å². The summed E-state index contributed by atoms with van der Waals surface area (Å²) in [6.07, 6.45) is 2.92. The fraction of sp³-hybridized carbons (Fsp3) is 0.150. The second kappa shape index (κ2) is 8.05. The monoisotopic (exact) mass is 382 g/mol. The molecule has 0 aliphatic carbocycles. The zero-order valence-corrected chi connectivity index (χ0v) is 16.0. The number of rotatable bonds is 5. The van der Waals surface area contributed by atoms with Crippen LogP contribution in [-0.4, -0.2) is 23.0 Å². The number of carbonyl (C=O) groups is 1. The Kier molecular flexibility index (Phi) is 5.57. The number of halogens is 1. The third kappa shape index (κ3) is 4.54. The maximum atomic E-state index is 12.4. The third-order valence-corrected chi connectivity index (χ3v) is 4.32.